The van der Waals surface area contributed by atoms with E-state index in [2.05, 4.69) is 37.3 Å². The summed E-state index contributed by atoms with van der Waals surface area (Å²) in [5.74, 6) is 1.66. The van der Waals surface area contributed by atoms with Gasteiger partial charge >= 0.3 is 0 Å². The van der Waals surface area contributed by atoms with Gasteiger partial charge in [0.1, 0.15) is 23.5 Å². The fourth-order valence-corrected chi connectivity index (χ4v) is 1.96. The average molecular weight is 318 g/mol. The second-order valence-corrected chi connectivity index (χ2v) is 4.79. The highest BCUT2D eigenvalue weighted by molar-refractivity contribution is 9.10. The number of benzene rings is 1. The first-order chi connectivity index (χ1) is 9.12. The Kier molecular flexibility index (Phi) is 3.97. The highest BCUT2D eigenvalue weighted by atomic mass is 79.9. The summed E-state index contributed by atoms with van der Waals surface area (Å²) in [5.41, 5.74) is 6.94. The highest BCUT2D eigenvalue weighted by Crippen LogP contribution is 2.23. The van der Waals surface area contributed by atoms with Crippen LogP contribution in [-0.2, 0) is 6.42 Å². The summed E-state index contributed by atoms with van der Waals surface area (Å²) in [7, 11) is 0. The molecule has 2 rings (SSSR count). The van der Waals surface area contributed by atoms with Gasteiger partial charge < -0.3 is 11.1 Å². The molecule has 0 saturated carbocycles. The van der Waals surface area contributed by atoms with Gasteiger partial charge in [0, 0.05) is 17.0 Å². The Morgan fingerprint density at radius 1 is 1.37 bits per heavy atom. The molecule has 0 saturated heterocycles. The van der Waals surface area contributed by atoms with Crippen molar-refractivity contribution < 1.29 is 0 Å². The van der Waals surface area contributed by atoms with Crippen LogP contribution in [-0.4, -0.2) is 9.97 Å². The predicted molar refractivity (Wildman–Crippen MR) is 78.0 cm³/mol. The Labute approximate surface area is 119 Å². The number of aromatic nitrogens is 2. The van der Waals surface area contributed by atoms with Gasteiger partial charge in [-0.3, -0.25) is 0 Å². The molecule has 1 aromatic carbocycles. The van der Waals surface area contributed by atoms with Gasteiger partial charge in [-0.15, -0.1) is 0 Å². The number of nitrogens with two attached hydrogens (primary N) is 1. The van der Waals surface area contributed by atoms with Gasteiger partial charge in [-0.25, -0.2) is 9.97 Å². The van der Waals surface area contributed by atoms with Crippen molar-refractivity contribution in [2.24, 2.45) is 0 Å². The molecule has 6 heteroatoms. The van der Waals surface area contributed by atoms with E-state index in [-0.39, 0.29) is 0 Å². The van der Waals surface area contributed by atoms with Crippen LogP contribution < -0.4 is 11.1 Å². The van der Waals surface area contributed by atoms with E-state index in [1.165, 1.54) is 0 Å². The molecule has 1 aromatic heterocycles. The molecule has 19 heavy (non-hydrogen) atoms. The summed E-state index contributed by atoms with van der Waals surface area (Å²) in [6.45, 7) is 1.96. The normalized spacial score (nSPS) is 9.95. The number of aryl methyl sites for hydroxylation is 1. The van der Waals surface area contributed by atoms with E-state index in [1.807, 2.05) is 19.1 Å². The standard InChI is InChI=1S/C13H12BrN5/c1-2-12-18-11(16)6-13(19-12)17-10-4-3-9(14)5-8(10)7-15/h3-6H,2H2,1H3,(H3,16,17,18,19). The minimum absolute atomic E-state index is 0.407. The molecule has 0 amide bonds. The van der Waals surface area contributed by atoms with Crippen molar-refractivity contribution in [1.82, 2.24) is 9.97 Å². The molecule has 0 aliphatic rings. The molecule has 0 aliphatic heterocycles. The zero-order chi connectivity index (χ0) is 13.8. The third-order valence-electron chi connectivity index (χ3n) is 2.47. The van der Waals surface area contributed by atoms with Gasteiger partial charge in [0.15, 0.2) is 0 Å². The topological polar surface area (TPSA) is 87.6 Å². The van der Waals surface area contributed by atoms with Gasteiger partial charge in [-0.05, 0) is 18.2 Å². The molecule has 5 nitrogen and oxygen atoms in total. The van der Waals surface area contributed by atoms with Crippen molar-refractivity contribution in [3.05, 3.63) is 40.1 Å². The number of anilines is 3. The van der Waals surface area contributed by atoms with Crippen molar-refractivity contribution in [3.63, 3.8) is 0 Å². The minimum Gasteiger partial charge on any atom is -0.384 e. The molecule has 0 spiro atoms. The molecule has 2 aromatic rings. The lowest BCUT2D eigenvalue weighted by atomic mass is 10.2. The lowest BCUT2D eigenvalue weighted by Gasteiger charge is -2.09. The number of halogens is 1. The van der Waals surface area contributed by atoms with Crippen LogP contribution in [0.25, 0.3) is 0 Å². The summed E-state index contributed by atoms with van der Waals surface area (Å²) in [4.78, 5) is 8.43. The van der Waals surface area contributed by atoms with Crippen LogP contribution in [0, 0.1) is 11.3 Å². The maximum atomic E-state index is 9.11. The molecule has 0 fully saturated rings. The van der Waals surface area contributed by atoms with Crippen molar-refractivity contribution in [2.75, 3.05) is 11.1 Å². The lowest BCUT2D eigenvalue weighted by molar-refractivity contribution is 0.948. The summed E-state index contributed by atoms with van der Waals surface area (Å²) in [5, 5.41) is 12.2. The number of nitrogens with zero attached hydrogens (tertiary/aromatic N) is 3. The third-order valence-corrected chi connectivity index (χ3v) is 2.97. The monoisotopic (exact) mass is 317 g/mol. The Balaban J connectivity index is 2.36. The molecule has 0 atom stereocenters. The number of nitriles is 1. The molecule has 0 bridgehead atoms. The highest BCUT2D eigenvalue weighted by Gasteiger charge is 2.06. The molecular formula is C13H12BrN5. The van der Waals surface area contributed by atoms with Crippen LogP contribution in [0.1, 0.15) is 18.3 Å². The quantitative estimate of drug-likeness (QED) is 0.908. The Morgan fingerprint density at radius 3 is 2.84 bits per heavy atom. The summed E-state index contributed by atoms with van der Waals surface area (Å²) >= 11 is 3.33. The van der Waals surface area contributed by atoms with Crippen LogP contribution in [0.4, 0.5) is 17.3 Å². The zero-order valence-corrected chi connectivity index (χ0v) is 11.9. The number of rotatable bonds is 3. The van der Waals surface area contributed by atoms with Gasteiger partial charge in [-0.2, -0.15) is 5.26 Å². The SMILES string of the molecule is CCc1nc(N)cc(Nc2ccc(Br)cc2C#N)n1. The van der Waals surface area contributed by atoms with Crippen LogP contribution >= 0.6 is 15.9 Å². The van der Waals surface area contributed by atoms with Crippen molar-refractivity contribution >= 4 is 33.3 Å². The molecule has 3 N–H and O–H groups in total. The van der Waals surface area contributed by atoms with Crippen LogP contribution in [0.2, 0.25) is 0 Å². The molecule has 0 unspecified atom stereocenters. The van der Waals surface area contributed by atoms with Gasteiger partial charge in [0.25, 0.3) is 0 Å². The predicted octanol–water partition coefficient (Wildman–Crippen LogP) is 3.00. The van der Waals surface area contributed by atoms with E-state index in [4.69, 9.17) is 11.0 Å². The van der Waals surface area contributed by atoms with E-state index in [9.17, 15) is 0 Å². The second kappa shape index (κ2) is 5.67. The van der Waals surface area contributed by atoms with Gasteiger partial charge in [0.2, 0.25) is 0 Å². The average Bonchev–Trinajstić information content (AvgIpc) is 2.40. The molecule has 96 valence electrons. The summed E-state index contributed by atoms with van der Waals surface area (Å²) in [6.07, 6.45) is 0.700. The summed E-state index contributed by atoms with van der Waals surface area (Å²) < 4.78 is 0.853. The largest absolute Gasteiger partial charge is 0.384 e. The maximum absolute atomic E-state index is 9.11. The van der Waals surface area contributed by atoms with Gasteiger partial charge in [0.05, 0.1) is 11.3 Å². The molecule has 1 heterocycles. The van der Waals surface area contributed by atoms with Crippen LogP contribution in [0.5, 0.6) is 0 Å². The third kappa shape index (κ3) is 3.20. The maximum Gasteiger partial charge on any atom is 0.136 e. The number of nitrogens with one attached hydrogen (secondary N) is 1. The zero-order valence-electron chi connectivity index (χ0n) is 10.3. The number of hydrogen-bond acceptors (Lipinski definition) is 5. The van der Waals surface area contributed by atoms with Crippen molar-refractivity contribution in [2.45, 2.75) is 13.3 Å². The minimum atomic E-state index is 0.407. The smallest absolute Gasteiger partial charge is 0.136 e. The first-order valence-electron chi connectivity index (χ1n) is 5.72. The van der Waals surface area contributed by atoms with E-state index >= 15 is 0 Å². The second-order valence-electron chi connectivity index (χ2n) is 3.87. The van der Waals surface area contributed by atoms with Crippen LogP contribution in [0.15, 0.2) is 28.7 Å². The summed E-state index contributed by atoms with van der Waals surface area (Å²) in [6, 6.07) is 9.19. The van der Waals surface area contributed by atoms with E-state index in [0.717, 1.165) is 4.47 Å². The fourth-order valence-electron chi connectivity index (χ4n) is 1.60. The number of nitrogen functional groups attached to an aromatic ring is 1. The van der Waals surface area contributed by atoms with Gasteiger partial charge in [-0.1, -0.05) is 22.9 Å². The Morgan fingerprint density at radius 2 is 2.16 bits per heavy atom. The van der Waals surface area contributed by atoms with Crippen molar-refractivity contribution in [3.8, 4) is 6.07 Å². The van der Waals surface area contributed by atoms with E-state index in [0.29, 0.717) is 35.1 Å². The molecule has 0 aliphatic carbocycles. The lowest BCUT2D eigenvalue weighted by Crippen LogP contribution is -2.03. The Hall–Kier alpha value is -2.13. The van der Waals surface area contributed by atoms with E-state index < -0.39 is 0 Å². The Bertz CT molecular complexity index is 648. The van der Waals surface area contributed by atoms with Crippen molar-refractivity contribution in [1.29, 1.82) is 5.26 Å². The fraction of sp³-hybridized carbons (Fsp3) is 0.154. The molecular weight excluding hydrogens is 306 g/mol. The first-order valence-corrected chi connectivity index (χ1v) is 6.51. The first kappa shape index (κ1) is 13.3. The molecule has 0 radical (unpaired) electrons. The van der Waals surface area contributed by atoms with E-state index in [1.54, 1.807) is 12.1 Å². The number of hydrogen-bond donors (Lipinski definition) is 2. The van der Waals surface area contributed by atoms with Crippen LogP contribution in [0.3, 0.4) is 0 Å².